The van der Waals surface area contributed by atoms with Crippen LogP contribution < -0.4 is 0 Å². The third kappa shape index (κ3) is 18.7. The monoisotopic (exact) mass is 783 g/mol. The standard InChI is InChI=1S/C7H12.7C7H14/c1-5-4-7(5)6-2-3-6;2*1-6-4-7(2,3)5-6;1-6-4-5-7(6,2)3;2*1-5-4-6(2)7(5)3;1-3-7-4-6(2)5-7;1-3-7-5-4-6(7)2/h5-7H,2-4H2,1H3;3*6H,4-5H2,1-3H3;2*5-7H,4H2,1-3H3;2*6-7H,3-5H2,1-2H3/t5-,7?;;;;5-,6?,7?;;;/m0...0.../s1. The van der Waals surface area contributed by atoms with Crippen LogP contribution in [0.3, 0.4) is 0 Å². The van der Waals surface area contributed by atoms with Crippen LogP contribution in [0.15, 0.2) is 0 Å². The average molecular weight is 783 g/mol. The second-order valence-corrected chi connectivity index (χ2v) is 25.7. The van der Waals surface area contributed by atoms with Gasteiger partial charge in [0.05, 0.1) is 0 Å². The van der Waals surface area contributed by atoms with E-state index in [4.69, 9.17) is 0 Å². The summed E-state index contributed by atoms with van der Waals surface area (Å²) in [5.41, 5.74) is 2.07. The van der Waals surface area contributed by atoms with Crippen molar-refractivity contribution in [1.29, 1.82) is 0 Å². The third-order valence-electron chi connectivity index (χ3n) is 18.0. The van der Waals surface area contributed by atoms with Crippen LogP contribution in [0.5, 0.6) is 0 Å². The molecular formula is C56H110. The fraction of sp³-hybridized carbons (Fsp3) is 1.00. The molecule has 9 aliphatic rings. The molecule has 8 unspecified atom stereocenters. The van der Waals surface area contributed by atoms with Crippen molar-refractivity contribution in [3.63, 3.8) is 0 Å². The van der Waals surface area contributed by atoms with Gasteiger partial charge in [0.15, 0.2) is 0 Å². The number of rotatable bonds is 3. The van der Waals surface area contributed by atoms with E-state index in [-0.39, 0.29) is 0 Å². The lowest BCUT2D eigenvalue weighted by atomic mass is 9.64. The van der Waals surface area contributed by atoms with Gasteiger partial charge in [0, 0.05) is 0 Å². The molecule has 0 spiro atoms. The highest BCUT2D eigenvalue weighted by Gasteiger charge is 2.44. The molecule has 0 nitrogen and oxygen atoms in total. The second kappa shape index (κ2) is 23.3. The van der Waals surface area contributed by atoms with Gasteiger partial charge in [-0.2, -0.15) is 0 Å². The highest BCUT2D eigenvalue weighted by atomic mass is 14.5. The summed E-state index contributed by atoms with van der Waals surface area (Å²) in [6.45, 7) is 46.7. The Bertz CT molecular complexity index is 954. The van der Waals surface area contributed by atoms with Crippen LogP contribution in [-0.2, 0) is 0 Å². The molecule has 0 radical (unpaired) electrons. The van der Waals surface area contributed by atoms with E-state index in [1.165, 1.54) is 102 Å². The third-order valence-corrected chi connectivity index (χ3v) is 18.0. The fourth-order valence-corrected chi connectivity index (χ4v) is 11.7. The Kier molecular flexibility index (Phi) is 21.7. The van der Waals surface area contributed by atoms with Crippen molar-refractivity contribution >= 4 is 0 Å². The van der Waals surface area contributed by atoms with Gasteiger partial charge in [-0.3, -0.25) is 0 Å². The summed E-state index contributed by atoms with van der Waals surface area (Å²) in [7, 11) is 0. The Balaban J connectivity index is 0.000000221. The molecule has 0 heteroatoms. The number of hydrogen-bond donors (Lipinski definition) is 0. The first-order chi connectivity index (χ1) is 25.8. The van der Waals surface area contributed by atoms with Gasteiger partial charge >= 0.3 is 0 Å². The van der Waals surface area contributed by atoms with E-state index in [2.05, 4.69) is 138 Å². The predicted molar refractivity (Wildman–Crippen MR) is 255 cm³/mol. The Morgan fingerprint density at radius 1 is 0.411 bits per heavy atom. The van der Waals surface area contributed by atoms with Crippen LogP contribution in [0.2, 0.25) is 0 Å². The summed E-state index contributed by atoms with van der Waals surface area (Å²) >= 11 is 0. The molecule has 9 rings (SSSR count). The fourth-order valence-electron chi connectivity index (χ4n) is 11.7. The lowest BCUT2D eigenvalue weighted by molar-refractivity contribution is 0.0892. The number of hydrogen-bond acceptors (Lipinski definition) is 0. The van der Waals surface area contributed by atoms with Crippen LogP contribution in [0.1, 0.15) is 248 Å². The van der Waals surface area contributed by atoms with E-state index >= 15 is 0 Å². The highest BCUT2D eigenvalue weighted by Crippen LogP contribution is 2.54. The minimum Gasteiger partial charge on any atom is -0.0651 e. The summed E-state index contributed by atoms with van der Waals surface area (Å²) in [5.74, 6) is 16.8. The maximum Gasteiger partial charge on any atom is -0.0328 e. The van der Waals surface area contributed by atoms with Crippen LogP contribution in [0.4, 0.5) is 0 Å². The molecule has 56 heavy (non-hydrogen) atoms. The molecule has 0 saturated heterocycles. The SMILES string of the molecule is CC1CC(C)(C)C1.CC1CC(C)(C)C1.CC1CC(C)C1C.CC1CCC1(C)C.CC1C[C@H](C)C1C.CCC1CC(C)C1.CCC1CCC1C.C[C@H]1CC1C1CC1. The topological polar surface area (TPSA) is 0 Å². The molecule has 334 valence electrons. The van der Waals surface area contributed by atoms with Gasteiger partial charge in [0.1, 0.15) is 0 Å². The van der Waals surface area contributed by atoms with Gasteiger partial charge in [-0.15, -0.1) is 0 Å². The van der Waals surface area contributed by atoms with Crippen molar-refractivity contribution in [3.8, 4) is 0 Å². The molecule has 9 aliphatic carbocycles. The summed E-state index contributed by atoms with van der Waals surface area (Å²) < 4.78 is 0. The van der Waals surface area contributed by atoms with Gasteiger partial charge in [-0.25, -0.2) is 0 Å². The van der Waals surface area contributed by atoms with E-state index in [9.17, 15) is 0 Å². The van der Waals surface area contributed by atoms with E-state index in [0.717, 1.165) is 82.9 Å². The van der Waals surface area contributed by atoms with Gasteiger partial charge in [-0.05, 0) is 201 Å². The molecular weight excluding hydrogens is 673 g/mol. The molecule has 0 aliphatic heterocycles. The zero-order valence-corrected chi connectivity index (χ0v) is 42.8. The van der Waals surface area contributed by atoms with Crippen LogP contribution >= 0.6 is 0 Å². The first-order valence-corrected chi connectivity index (χ1v) is 25.8. The molecule has 0 aromatic carbocycles. The van der Waals surface area contributed by atoms with Gasteiger partial charge in [0.25, 0.3) is 0 Å². The molecule has 9 fully saturated rings. The van der Waals surface area contributed by atoms with Crippen LogP contribution in [0.25, 0.3) is 0 Å². The van der Waals surface area contributed by atoms with Crippen LogP contribution in [-0.4, -0.2) is 0 Å². The van der Waals surface area contributed by atoms with E-state index in [0.29, 0.717) is 16.2 Å². The largest absolute Gasteiger partial charge is 0.0651 e. The lowest BCUT2D eigenvalue weighted by Gasteiger charge is -2.42. The zero-order valence-electron chi connectivity index (χ0n) is 42.8. The normalized spacial score (nSPS) is 41.0. The molecule has 9 saturated carbocycles. The molecule has 0 amide bonds. The van der Waals surface area contributed by atoms with E-state index < -0.39 is 0 Å². The Hall–Kier alpha value is 0. The minimum absolute atomic E-state index is 0.681. The Labute approximate surface area is 357 Å². The Morgan fingerprint density at radius 3 is 0.839 bits per heavy atom. The maximum atomic E-state index is 2.38. The quantitative estimate of drug-likeness (QED) is 0.267. The molecule has 10 atom stereocenters. The van der Waals surface area contributed by atoms with E-state index in [1.54, 1.807) is 19.3 Å². The van der Waals surface area contributed by atoms with E-state index in [1.807, 2.05) is 0 Å². The summed E-state index contributed by atoms with van der Waals surface area (Å²) in [6.07, 6.45) is 25.0. The summed E-state index contributed by atoms with van der Waals surface area (Å²) in [5, 5.41) is 0. The molecule has 0 aromatic rings. The average Bonchev–Trinajstić information content (AvgIpc) is 4.03. The molecule has 0 bridgehead atoms. The van der Waals surface area contributed by atoms with Crippen molar-refractivity contribution in [2.75, 3.05) is 0 Å². The molecule has 0 N–H and O–H groups in total. The van der Waals surface area contributed by atoms with Gasteiger partial charge < -0.3 is 0 Å². The predicted octanol–water partition coefficient (Wildman–Crippen LogP) is 18.9. The first kappa shape index (κ1) is 52.1. The smallest absolute Gasteiger partial charge is 0.0328 e. The van der Waals surface area contributed by atoms with Crippen molar-refractivity contribution in [3.05, 3.63) is 0 Å². The van der Waals surface area contributed by atoms with Crippen molar-refractivity contribution in [1.82, 2.24) is 0 Å². The Morgan fingerprint density at radius 2 is 0.804 bits per heavy atom. The minimum atomic E-state index is 0.681. The van der Waals surface area contributed by atoms with Crippen LogP contribution in [0, 0.1) is 111 Å². The molecule has 0 aromatic heterocycles. The molecule has 0 heterocycles. The zero-order chi connectivity index (χ0) is 42.8. The van der Waals surface area contributed by atoms with Gasteiger partial charge in [0.2, 0.25) is 0 Å². The summed E-state index contributed by atoms with van der Waals surface area (Å²) in [4.78, 5) is 0. The second-order valence-electron chi connectivity index (χ2n) is 25.7. The first-order valence-electron chi connectivity index (χ1n) is 25.8. The van der Waals surface area contributed by atoms with Gasteiger partial charge in [-0.1, -0.05) is 158 Å². The highest BCUT2D eigenvalue weighted by molar-refractivity contribution is 4.94. The van der Waals surface area contributed by atoms with Crippen molar-refractivity contribution in [2.24, 2.45) is 111 Å². The summed E-state index contributed by atoms with van der Waals surface area (Å²) in [6, 6.07) is 0. The lowest BCUT2D eigenvalue weighted by Crippen LogP contribution is -2.31. The van der Waals surface area contributed by atoms with Crippen molar-refractivity contribution in [2.45, 2.75) is 248 Å². The van der Waals surface area contributed by atoms with Crippen molar-refractivity contribution < 1.29 is 0 Å². The maximum absolute atomic E-state index is 2.38.